The predicted molar refractivity (Wildman–Crippen MR) is 51.9 cm³/mol. The van der Waals surface area contributed by atoms with Gasteiger partial charge in [-0.05, 0) is 6.92 Å². The highest BCUT2D eigenvalue weighted by molar-refractivity contribution is 5.78. The van der Waals surface area contributed by atoms with Crippen molar-refractivity contribution >= 4 is 5.91 Å². The average Bonchev–Trinajstić information content (AvgIpc) is 2.18. The smallest absolute Gasteiger partial charge is 0.234 e. The van der Waals surface area contributed by atoms with Crippen LogP contribution in [-0.4, -0.2) is 61.4 Å². The molecule has 14 heavy (non-hydrogen) atoms. The second-order valence-electron chi connectivity index (χ2n) is 3.47. The second kappa shape index (κ2) is 5.95. The van der Waals surface area contributed by atoms with Gasteiger partial charge in [-0.2, -0.15) is 0 Å². The lowest BCUT2D eigenvalue weighted by Gasteiger charge is -2.32. The van der Waals surface area contributed by atoms with E-state index in [2.05, 4.69) is 10.2 Å². The summed E-state index contributed by atoms with van der Waals surface area (Å²) in [5.41, 5.74) is 0. The summed E-state index contributed by atoms with van der Waals surface area (Å²) in [5.74, 6) is -0.0344. The van der Waals surface area contributed by atoms with Gasteiger partial charge in [-0.1, -0.05) is 0 Å². The molecule has 0 saturated carbocycles. The summed E-state index contributed by atoms with van der Waals surface area (Å²) in [4.78, 5) is 13.4. The molecule has 1 heterocycles. The number of nitrogens with one attached hydrogen (secondary N) is 1. The number of morpholine rings is 1. The van der Waals surface area contributed by atoms with Gasteiger partial charge in [0, 0.05) is 19.1 Å². The zero-order valence-electron chi connectivity index (χ0n) is 8.53. The van der Waals surface area contributed by atoms with E-state index in [1.54, 1.807) is 0 Å². The normalized spacial score (nSPS) is 23.4. The number of hydrogen-bond acceptors (Lipinski definition) is 4. The number of amides is 1. The molecule has 1 saturated heterocycles. The molecule has 1 aliphatic heterocycles. The van der Waals surface area contributed by atoms with Crippen LogP contribution in [0.5, 0.6) is 0 Å². The lowest BCUT2D eigenvalue weighted by Crippen LogP contribution is -2.48. The van der Waals surface area contributed by atoms with Crippen molar-refractivity contribution < 1.29 is 14.6 Å². The van der Waals surface area contributed by atoms with E-state index in [9.17, 15) is 4.79 Å². The Morgan fingerprint density at radius 2 is 2.50 bits per heavy atom. The molecule has 82 valence electrons. The van der Waals surface area contributed by atoms with E-state index in [0.717, 1.165) is 6.54 Å². The Balaban J connectivity index is 2.23. The summed E-state index contributed by atoms with van der Waals surface area (Å²) in [5, 5.41) is 11.2. The number of aliphatic hydroxyl groups excluding tert-OH is 1. The summed E-state index contributed by atoms with van der Waals surface area (Å²) in [7, 11) is 0. The highest BCUT2D eigenvalue weighted by Crippen LogP contribution is 2.04. The minimum Gasteiger partial charge on any atom is -0.395 e. The molecule has 0 aromatic carbocycles. The molecule has 5 heteroatoms. The van der Waals surface area contributed by atoms with E-state index < -0.39 is 0 Å². The monoisotopic (exact) mass is 202 g/mol. The van der Waals surface area contributed by atoms with Crippen LogP contribution in [0.3, 0.4) is 0 Å². The third kappa shape index (κ3) is 3.61. The van der Waals surface area contributed by atoms with Crippen molar-refractivity contribution in [1.82, 2.24) is 10.2 Å². The van der Waals surface area contributed by atoms with Crippen molar-refractivity contribution in [3.8, 4) is 0 Å². The highest BCUT2D eigenvalue weighted by Gasteiger charge is 2.20. The lowest BCUT2D eigenvalue weighted by molar-refractivity contribution is -0.124. The Labute approximate surface area is 84.0 Å². The number of nitrogens with zero attached hydrogens (tertiary/aromatic N) is 1. The van der Waals surface area contributed by atoms with Gasteiger partial charge < -0.3 is 15.2 Å². The van der Waals surface area contributed by atoms with Gasteiger partial charge in [0.05, 0.1) is 26.4 Å². The van der Waals surface area contributed by atoms with Crippen LogP contribution in [0.4, 0.5) is 0 Å². The Bertz CT molecular complexity index is 187. The third-order valence-corrected chi connectivity index (χ3v) is 2.29. The van der Waals surface area contributed by atoms with E-state index in [0.29, 0.717) is 32.3 Å². The van der Waals surface area contributed by atoms with Crippen LogP contribution in [0.2, 0.25) is 0 Å². The summed E-state index contributed by atoms with van der Waals surface area (Å²) in [6, 6.07) is 0.295. The van der Waals surface area contributed by atoms with E-state index in [1.165, 1.54) is 0 Å². The number of aliphatic hydroxyl groups is 1. The van der Waals surface area contributed by atoms with Crippen molar-refractivity contribution in [2.75, 3.05) is 39.5 Å². The maximum absolute atomic E-state index is 11.3. The first-order chi connectivity index (χ1) is 6.74. The number of carbonyl (C=O) groups is 1. The van der Waals surface area contributed by atoms with Crippen LogP contribution in [0, 0.1) is 0 Å². The molecule has 0 aromatic rings. The molecule has 1 atom stereocenters. The Kier molecular flexibility index (Phi) is 4.86. The van der Waals surface area contributed by atoms with E-state index in [1.807, 2.05) is 6.92 Å². The van der Waals surface area contributed by atoms with Crippen LogP contribution in [0.1, 0.15) is 6.92 Å². The fraction of sp³-hybridized carbons (Fsp3) is 0.889. The topological polar surface area (TPSA) is 61.8 Å². The molecule has 1 unspecified atom stereocenters. The maximum Gasteiger partial charge on any atom is 0.234 e. The lowest BCUT2D eigenvalue weighted by atomic mass is 10.2. The zero-order valence-corrected chi connectivity index (χ0v) is 8.53. The summed E-state index contributed by atoms with van der Waals surface area (Å²) in [6.45, 7) is 4.93. The van der Waals surface area contributed by atoms with Gasteiger partial charge in [0.15, 0.2) is 0 Å². The zero-order chi connectivity index (χ0) is 10.4. The fourth-order valence-electron chi connectivity index (χ4n) is 1.43. The molecule has 0 bridgehead atoms. The predicted octanol–water partition coefficient (Wildman–Crippen LogP) is -1.18. The number of ether oxygens (including phenoxy) is 1. The first-order valence-electron chi connectivity index (χ1n) is 4.93. The Hall–Kier alpha value is -0.650. The molecular weight excluding hydrogens is 184 g/mol. The van der Waals surface area contributed by atoms with Gasteiger partial charge in [-0.15, -0.1) is 0 Å². The van der Waals surface area contributed by atoms with Crippen LogP contribution in [0.15, 0.2) is 0 Å². The Morgan fingerprint density at radius 3 is 3.14 bits per heavy atom. The molecule has 1 aliphatic rings. The second-order valence-corrected chi connectivity index (χ2v) is 3.47. The van der Waals surface area contributed by atoms with Crippen molar-refractivity contribution in [2.45, 2.75) is 13.0 Å². The van der Waals surface area contributed by atoms with Crippen molar-refractivity contribution in [3.63, 3.8) is 0 Å². The highest BCUT2D eigenvalue weighted by atomic mass is 16.5. The fourth-order valence-corrected chi connectivity index (χ4v) is 1.43. The molecule has 5 nitrogen and oxygen atoms in total. The van der Waals surface area contributed by atoms with Crippen molar-refractivity contribution in [1.29, 1.82) is 0 Å². The van der Waals surface area contributed by atoms with Crippen LogP contribution in [0.25, 0.3) is 0 Å². The van der Waals surface area contributed by atoms with E-state index in [-0.39, 0.29) is 12.5 Å². The Morgan fingerprint density at radius 1 is 1.71 bits per heavy atom. The SMILES string of the molecule is CC1COCCN1CC(=O)NCCO. The van der Waals surface area contributed by atoms with Gasteiger partial charge >= 0.3 is 0 Å². The van der Waals surface area contributed by atoms with Crippen LogP contribution >= 0.6 is 0 Å². The van der Waals surface area contributed by atoms with Gasteiger partial charge in [-0.3, -0.25) is 9.69 Å². The van der Waals surface area contributed by atoms with Crippen molar-refractivity contribution in [3.05, 3.63) is 0 Å². The molecular formula is C9H18N2O3. The number of hydrogen-bond donors (Lipinski definition) is 2. The number of rotatable bonds is 4. The molecule has 1 fully saturated rings. The molecule has 0 radical (unpaired) electrons. The molecule has 1 rings (SSSR count). The van der Waals surface area contributed by atoms with Gasteiger partial charge in [-0.25, -0.2) is 0 Å². The standard InChI is InChI=1S/C9H18N2O3/c1-8-7-14-5-3-11(8)6-9(13)10-2-4-12/h8,12H,2-7H2,1H3,(H,10,13). The molecule has 2 N–H and O–H groups in total. The summed E-state index contributed by atoms with van der Waals surface area (Å²) >= 11 is 0. The van der Waals surface area contributed by atoms with Crippen molar-refractivity contribution in [2.24, 2.45) is 0 Å². The quantitative estimate of drug-likeness (QED) is 0.602. The van der Waals surface area contributed by atoms with E-state index in [4.69, 9.17) is 9.84 Å². The van der Waals surface area contributed by atoms with Gasteiger partial charge in [0.25, 0.3) is 0 Å². The third-order valence-electron chi connectivity index (χ3n) is 2.29. The van der Waals surface area contributed by atoms with E-state index >= 15 is 0 Å². The van der Waals surface area contributed by atoms with Crippen LogP contribution < -0.4 is 5.32 Å². The molecule has 0 spiro atoms. The first kappa shape index (κ1) is 11.4. The molecule has 0 aliphatic carbocycles. The molecule has 1 amide bonds. The van der Waals surface area contributed by atoms with Crippen LogP contribution in [-0.2, 0) is 9.53 Å². The first-order valence-corrected chi connectivity index (χ1v) is 4.93. The summed E-state index contributed by atoms with van der Waals surface area (Å²) < 4.78 is 5.26. The minimum atomic E-state index is -0.0344. The number of carbonyl (C=O) groups excluding carboxylic acids is 1. The van der Waals surface area contributed by atoms with Gasteiger partial charge in [0.1, 0.15) is 0 Å². The average molecular weight is 202 g/mol. The minimum absolute atomic E-state index is 0.00952. The largest absolute Gasteiger partial charge is 0.395 e. The summed E-state index contributed by atoms with van der Waals surface area (Å²) in [6.07, 6.45) is 0. The van der Waals surface area contributed by atoms with Gasteiger partial charge in [0.2, 0.25) is 5.91 Å². The molecule has 0 aromatic heterocycles. The maximum atomic E-state index is 11.3.